The van der Waals surface area contributed by atoms with Crippen LogP contribution in [-0.2, 0) is 16.1 Å². The third kappa shape index (κ3) is 5.69. The molecule has 1 heterocycles. The third-order valence-electron chi connectivity index (χ3n) is 2.87. The van der Waals surface area contributed by atoms with E-state index in [1.807, 2.05) is 4.57 Å². The van der Waals surface area contributed by atoms with Crippen molar-refractivity contribution in [3.8, 4) is 0 Å². The predicted molar refractivity (Wildman–Crippen MR) is 92.3 cm³/mol. The predicted octanol–water partition coefficient (Wildman–Crippen LogP) is 3.35. The number of nitrogens with one attached hydrogen (secondary N) is 1. The average molecular weight is 375 g/mol. The summed E-state index contributed by atoms with van der Waals surface area (Å²) in [6.45, 7) is 1.41. The number of carbonyl (C=O) groups is 1. The van der Waals surface area contributed by atoms with E-state index in [1.54, 1.807) is 31.6 Å². The standard InChI is InChI=1S/C14H16Cl2N4O2S/c1-22-6-2-5-20-9-17-19-14(20)23-8-13(21)18-12-4-3-10(15)7-11(12)16/h3-4,7,9H,2,5-6,8H2,1H3,(H,18,21). The lowest BCUT2D eigenvalue weighted by Gasteiger charge is -2.08. The van der Waals surface area contributed by atoms with Crippen LogP contribution in [0.5, 0.6) is 0 Å². The monoisotopic (exact) mass is 374 g/mol. The highest BCUT2D eigenvalue weighted by Crippen LogP contribution is 2.25. The lowest BCUT2D eigenvalue weighted by atomic mass is 10.3. The number of amides is 1. The van der Waals surface area contributed by atoms with E-state index in [2.05, 4.69) is 15.5 Å². The number of anilines is 1. The minimum atomic E-state index is -0.175. The van der Waals surface area contributed by atoms with Crippen LogP contribution in [-0.4, -0.2) is 40.1 Å². The summed E-state index contributed by atoms with van der Waals surface area (Å²) in [5, 5.41) is 12.2. The SMILES string of the molecule is COCCCn1cnnc1SCC(=O)Nc1ccc(Cl)cc1Cl. The second-order valence-corrected chi connectivity index (χ2v) is 6.40. The van der Waals surface area contributed by atoms with Crippen LogP contribution in [0.1, 0.15) is 6.42 Å². The van der Waals surface area contributed by atoms with Gasteiger partial charge in [0, 0.05) is 25.3 Å². The molecule has 23 heavy (non-hydrogen) atoms. The second kappa shape index (κ2) is 9.12. The first-order chi connectivity index (χ1) is 11.1. The molecule has 0 fully saturated rings. The number of benzene rings is 1. The van der Waals surface area contributed by atoms with E-state index in [-0.39, 0.29) is 11.7 Å². The molecule has 0 unspecified atom stereocenters. The number of ether oxygens (including phenoxy) is 1. The van der Waals surface area contributed by atoms with Crippen molar-refractivity contribution in [1.29, 1.82) is 0 Å². The van der Waals surface area contributed by atoms with E-state index in [9.17, 15) is 4.79 Å². The lowest BCUT2D eigenvalue weighted by Crippen LogP contribution is -2.15. The molecular formula is C14H16Cl2N4O2S. The van der Waals surface area contributed by atoms with Gasteiger partial charge in [-0.1, -0.05) is 35.0 Å². The van der Waals surface area contributed by atoms with Gasteiger partial charge in [-0.25, -0.2) is 0 Å². The fourth-order valence-electron chi connectivity index (χ4n) is 1.80. The summed E-state index contributed by atoms with van der Waals surface area (Å²) >= 11 is 13.2. The van der Waals surface area contributed by atoms with Crippen molar-refractivity contribution in [1.82, 2.24) is 14.8 Å². The molecule has 1 aromatic heterocycles. The van der Waals surface area contributed by atoms with Gasteiger partial charge >= 0.3 is 0 Å². The Kier molecular flexibility index (Phi) is 7.16. The first kappa shape index (κ1) is 18.1. The van der Waals surface area contributed by atoms with Gasteiger partial charge in [0.25, 0.3) is 0 Å². The molecule has 0 spiro atoms. The zero-order valence-corrected chi connectivity index (χ0v) is 14.8. The number of aromatic nitrogens is 3. The van der Waals surface area contributed by atoms with Gasteiger partial charge in [-0.3, -0.25) is 4.79 Å². The zero-order valence-electron chi connectivity index (χ0n) is 12.5. The van der Waals surface area contributed by atoms with Crippen LogP contribution in [0.15, 0.2) is 29.7 Å². The number of methoxy groups -OCH3 is 1. The normalized spacial score (nSPS) is 10.7. The van der Waals surface area contributed by atoms with E-state index in [4.69, 9.17) is 27.9 Å². The van der Waals surface area contributed by atoms with Gasteiger partial charge in [0.05, 0.1) is 16.5 Å². The summed E-state index contributed by atoms with van der Waals surface area (Å²) in [6, 6.07) is 4.92. The summed E-state index contributed by atoms with van der Waals surface area (Å²) in [5.41, 5.74) is 0.531. The summed E-state index contributed by atoms with van der Waals surface area (Å²) in [4.78, 5) is 12.0. The van der Waals surface area contributed by atoms with Crippen molar-refractivity contribution >= 4 is 46.6 Å². The molecule has 1 aromatic carbocycles. The second-order valence-electron chi connectivity index (χ2n) is 4.61. The van der Waals surface area contributed by atoms with Crippen LogP contribution >= 0.6 is 35.0 Å². The van der Waals surface area contributed by atoms with Crippen molar-refractivity contribution in [3.05, 3.63) is 34.6 Å². The van der Waals surface area contributed by atoms with E-state index in [1.165, 1.54) is 11.8 Å². The summed E-state index contributed by atoms with van der Waals surface area (Å²) in [6.07, 6.45) is 2.50. The number of carbonyl (C=O) groups excluding carboxylic acids is 1. The minimum Gasteiger partial charge on any atom is -0.385 e. The Hall–Kier alpha value is -1.28. The molecule has 0 aliphatic heterocycles. The lowest BCUT2D eigenvalue weighted by molar-refractivity contribution is -0.113. The van der Waals surface area contributed by atoms with E-state index >= 15 is 0 Å². The van der Waals surface area contributed by atoms with Crippen LogP contribution in [0, 0.1) is 0 Å². The molecular weight excluding hydrogens is 359 g/mol. The molecule has 124 valence electrons. The number of thioether (sulfide) groups is 1. The number of nitrogens with zero attached hydrogens (tertiary/aromatic N) is 3. The third-order valence-corrected chi connectivity index (χ3v) is 4.39. The van der Waals surface area contributed by atoms with Crippen LogP contribution in [0.3, 0.4) is 0 Å². The topological polar surface area (TPSA) is 69.0 Å². The molecule has 2 rings (SSSR count). The highest BCUT2D eigenvalue weighted by atomic mass is 35.5. The number of aryl methyl sites for hydroxylation is 1. The van der Waals surface area contributed by atoms with Crippen LogP contribution in [0.25, 0.3) is 0 Å². The first-order valence-electron chi connectivity index (χ1n) is 6.84. The molecule has 0 radical (unpaired) electrons. The molecule has 0 saturated heterocycles. The van der Waals surface area contributed by atoms with Gasteiger partial charge in [-0.15, -0.1) is 10.2 Å². The van der Waals surface area contributed by atoms with Crippen molar-refractivity contribution in [2.75, 3.05) is 24.8 Å². The van der Waals surface area contributed by atoms with Crippen LogP contribution in [0.2, 0.25) is 10.0 Å². The molecule has 2 aromatic rings. The van der Waals surface area contributed by atoms with Crippen LogP contribution in [0.4, 0.5) is 5.69 Å². The molecule has 6 nitrogen and oxygen atoms in total. The Bertz CT molecular complexity index is 666. The highest BCUT2D eigenvalue weighted by Gasteiger charge is 2.10. The van der Waals surface area contributed by atoms with Gasteiger partial charge in [0.1, 0.15) is 6.33 Å². The highest BCUT2D eigenvalue weighted by molar-refractivity contribution is 7.99. The van der Waals surface area contributed by atoms with Crippen molar-refractivity contribution in [2.45, 2.75) is 18.1 Å². The fourth-order valence-corrected chi connectivity index (χ4v) is 2.99. The Morgan fingerprint density at radius 3 is 3.00 bits per heavy atom. The van der Waals surface area contributed by atoms with Crippen molar-refractivity contribution < 1.29 is 9.53 Å². The molecule has 9 heteroatoms. The molecule has 0 saturated carbocycles. The molecule has 0 atom stereocenters. The van der Waals surface area contributed by atoms with Gasteiger partial charge in [-0.05, 0) is 24.6 Å². The minimum absolute atomic E-state index is 0.175. The first-order valence-corrected chi connectivity index (χ1v) is 8.58. The summed E-state index contributed by atoms with van der Waals surface area (Å²) in [5.74, 6) is 0.0349. The van der Waals surface area contributed by atoms with Gasteiger partial charge in [0.15, 0.2) is 5.16 Å². The van der Waals surface area contributed by atoms with Gasteiger partial charge in [-0.2, -0.15) is 0 Å². The maximum atomic E-state index is 12.0. The quantitative estimate of drug-likeness (QED) is 0.566. The summed E-state index contributed by atoms with van der Waals surface area (Å²) < 4.78 is 6.91. The molecule has 0 bridgehead atoms. The van der Waals surface area contributed by atoms with Gasteiger partial charge < -0.3 is 14.6 Å². The van der Waals surface area contributed by atoms with Gasteiger partial charge in [0.2, 0.25) is 5.91 Å². The fraction of sp³-hybridized carbons (Fsp3) is 0.357. The number of hydrogen-bond donors (Lipinski definition) is 1. The van der Waals surface area contributed by atoms with E-state index < -0.39 is 0 Å². The maximum Gasteiger partial charge on any atom is 0.234 e. The molecule has 1 N–H and O–H groups in total. The Morgan fingerprint density at radius 2 is 2.26 bits per heavy atom. The largest absolute Gasteiger partial charge is 0.385 e. The Labute approximate surface area is 148 Å². The number of halogens is 2. The van der Waals surface area contributed by atoms with Crippen molar-refractivity contribution in [2.24, 2.45) is 0 Å². The van der Waals surface area contributed by atoms with Crippen LogP contribution < -0.4 is 5.32 Å². The maximum absolute atomic E-state index is 12.0. The number of hydrogen-bond acceptors (Lipinski definition) is 5. The molecule has 0 aliphatic rings. The molecule has 1 amide bonds. The zero-order chi connectivity index (χ0) is 16.7. The average Bonchev–Trinajstić information content (AvgIpc) is 2.96. The Morgan fingerprint density at radius 1 is 1.43 bits per heavy atom. The van der Waals surface area contributed by atoms with E-state index in [0.717, 1.165) is 13.0 Å². The molecule has 0 aliphatic carbocycles. The van der Waals surface area contributed by atoms with Crippen molar-refractivity contribution in [3.63, 3.8) is 0 Å². The van der Waals surface area contributed by atoms with E-state index in [0.29, 0.717) is 27.5 Å². The number of rotatable bonds is 8. The Balaban J connectivity index is 1.86. The summed E-state index contributed by atoms with van der Waals surface area (Å²) in [7, 11) is 1.66. The smallest absolute Gasteiger partial charge is 0.234 e.